The normalized spacial score (nSPS) is 10.9. The van der Waals surface area contributed by atoms with Gasteiger partial charge in [0.1, 0.15) is 5.82 Å². The van der Waals surface area contributed by atoms with Crippen molar-refractivity contribution in [3.05, 3.63) is 88.4 Å². The van der Waals surface area contributed by atoms with Crippen LogP contribution < -0.4 is 4.90 Å². The number of carbonyl (C=O) groups is 1. The molecule has 170 valence electrons. The first-order chi connectivity index (χ1) is 16.0. The molecule has 2 aromatic heterocycles. The highest BCUT2D eigenvalue weighted by atomic mass is 32.2. The zero-order valence-electron chi connectivity index (χ0n) is 19.0. The molecule has 0 saturated heterocycles. The van der Waals surface area contributed by atoms with Crippen molar-refractivity contribution in [3.8, 4) is 5.69 Å². The van der Waals surface area contributed by atoms with Crippen molar-refractivity contribution in [2.24, 2.45) is 0 Å². The Labute approximate surface area is 202 Å². The fourth-order valence-electron chi connectivity index (χ4n) is 3.41. The summed E-state index contributed by atoms with van der Waals surface area (Å²) < 4.78 is 2.05. The monoisotopic (exact) mass is 477 g/mol. The molecule has 0 atom stereocenters. The van der Waals surface area contributed by atoms with Crippen molar-refractivity contribution in [2.45, 2.75) is 18.1 Å². The molecule has 0 aliphatic rings. The van der Waals surface area contributed by atoms with Gasteiger partial charge in [0.15, 0.2) is 5.16 Å². The zero-order valence-corrected chi connectivity index (χ0v) is 20.6. The summed E-state index contributed by atoms with van der Waals surface area (Å²) in [5.74, 6) is 1.23. The first-order valence-electron chi connectivity index (χ1n) is 10.7. The quantitative estimate of drug-likeness (QED) is 0.326. The third-order valence-electron chi connectivity index (χ3n) is 5.25. The lowest BCUT2D eigenvalue weighted by molar-refractivity contribution is -0.127. The summed E-state index contributed by atoms with van der Waals surface area (Å²) in [5, 5.41) is 11.7. The first kappa shape index (κ1) is 23.1. The molecule has 2 aromatic carbocycles. The number of thiophene rings is 1. The number of aromatic nitrogens is 3. The van der Waals surface area contributed by atoms with Gasteiger partial charge in [-0.05, 0) is 41.3 Å². The molecule has 1 amide bonds. The molecule has 0 aliphatic heterocycles. The summed E-state index contributed by atoms with van der Waals surface area (Å²) in [6.45, 7) is 0.572. The minimum atomic E-state index is 0.0547. The second kappa shape index (κ2) is 10.7. The average molecular weight is 478 g/mol. The van der Waals surface area contributed by atoms with Crippen molar-refractivity contribution in [2.75, 3.05) is 31.8 Å². The van der Waals surface area contributed by atoms with Gasteiger partial charge in [-0.3, -0.25) is 9.36 Å². The van der Waals surface area contributed by atoms with Gasteiger partial charge in [0.2, 0.25) is 5.91 Å². The maximum Gasteiger partial charge on any atom is 0.233 e. The van der Waals surface area contributed by atoms with Gasteiger partial charge in [0.25, 0.3) is 0 Å². The second-order valence-electron chi connectivity index (χ2n) is 7.93. The van der Waals surface area contributed by atoms with Gasteiger partial charge in [0, 0.05) is 50.4 Å². The number of amides is 1. The Morgan fingerprint density at radius 1 is 0.970 bits per heavy atom. The van der Waals surface area contributed by atoms with Crippen LogP contribution in [-0.4, -0.2) is 52.5 Å². The highest BCUT2D eigenvalue weighted by Crippen LogP contribution is 2.25. The Kier molecular flexibility index (Phi) is 7.47. The lowest BCUT2D eigenvalue weighted by Crippen LogP contribution is -2.28. The number of hydrogen-bond donors (Lipinski definition) is 0. The molecular weight excluding hydrogens is 450 g/mol. The lowest BCUT2D eigenvalue weighted by atomic mass is 10.2. The zero-order chi connectivity index (χ0) is 23.2. The fraction of sp³-hybridized carbons (Fsp3) is 0.240. The van der Waals surface area contributed by atoms with E-state index < -0.39 is 0 Å². The Balaban J connectivity index is 1.45. The summed E-state index contributed by atoms with van der Waals surface area (Å²) in [6.07, 6.45) is 0.705. The van der Waals surface area contributed by atoms with E-state index >= 15 is 0 Å². The van der Waals surface area contributed by atoms with Gasteiger partial charge in [-0.1, -0.05) is 48.2 Å². The second-order valence-corrected chi connectivity index (χ2v) is 9.90. The topological polar surface area (TPSA) is 54.3 Å². The Hall–Kier alpha value is -3.10. The maximum atomic E-state index is 12.8. The third kappa shape index (κ3) is 5.83. The van der Waals surface area contributed by atoms with Crippen molar-refractivity contribution in [3.63, 3.8) is 0 Å². The molecule has 0 radical (unpaired) electrons. The van der Waals surface area contributed by atoms with Crippen LogP contribution in [0.1, 0.15) is 16.3 Å². The van der Waals surface area contributed by atoms with Gasteiger partial charge in [0.05, 0.1) is 5.75 Å². The van der Waals surface area contributed by atoms with Gasteiger partial charge in [-0.25, -0.2) is 0 Å². The number of anilines is 1. The first-order valence-corrected chi connectivity index (χ1v) is 12.5. The van der Waals surface area contributed by atoms with Crippen LogP contribution in [0.3, 0.4) is 0 Å². The van der Waals surface area contributed by atoms with Crippen LogP contribution in [0, 0.1) is 0 Å². The van der Waals surface area contributed by atoms with E-state index in [-0.39, 0.29) is 5.91 Å². The van der Waals surface area contributed by atoms with Crippen LogP contribution in [0.15, 0.2) is 77.3 Å². The van der Waals surface area contributed by atoms with Gasteiger partial charge < -0.3 is 9.80 Å². The minimum Gasteiger partial charge on any atom is -0.378 e. The molecule has 4 aromatic rings. The maximum absolute atomic E-state index is 12.8. The lowest BCUT2D eigenvalue weighted by Gasteiger charge is -2.18. The standard InChI is InChI=1S/C25H27N5OS2/c1-28(2)20-13-11-19(12-14-20)17-29(3)24(31)18-33-25-27-26-23(16-22-10-7-15-32-22)30(25)21-8-5-4-6-9-21/h4-15H,16-18H2,1-3H3. The molecule has 33 heavy (non-hydrogen) atoms. The van der Waals surface area contributed by atoms with Crippen LogP contribution in [0.4, 0.5) is 5.69 Å². The fourth-order valence-corrected chi connectivity index (χ4v) is 5.02. The smallest absolute Gasteiger partial charge is 0.233 e. The van der Waals surface area contributed by atoms with Crippen LogP contribution in [0.5, 0.6) is 0 Å². The number of para-hydroxylation sites is 1. The van der Waals surface area contributed by atoms with E-state index in [0.717, 1.165) is 27.9 Å². The van der Waals surface area contributed by atoms with Crippen LogP contribution in [0.25, 0.3) is 5.69 Å². The van der Waals surface area contributed by atoms with E-state index in [0.29, 0.717) is 18.7 Å². The Morgan fingerprint density at radius 2 is 1.73 bits per heavy atom. The van der Waals surface area contributed by atoms with E-state index in [4.69, 9.17) is 0 Å². The largest absolute Gasteiger partial charge is 0.378 e. The average Bonchev–Trinajstić information content (AvgIpc) is 3.48. The molecule has 0 N–H and O–H groups in total. The number of benzene rings is 2. The van der Waals surface area contributed by atoms with Gasteiger partial charge >= 0.3 is 0 Å². The summed E-state index contributed by atoms with van der Waals surface area (Å²) >= 11 is 3.13. The molecule has 0 spiro atoms. The SMILES string of the molecule is CN(Cc1ccc(N(C)C)cc1)C(=O)CSc1nnc(Cc2cccs2)n1-c1ccccc1. The Morgan fingerprint density at radius 3 is 2.39 bits per heavy atom. The number of thioether (sulfide) groups is 1. The molecular formula is C25H27N5OS2. The Bertz CT molecular complexity index is 1170. The highest BCUT2D eigenvalue weighted by Gasteiger charge is 2.18. The minimum absolute atomic E-state index is 0.0547. The molecule has 8 heteroatoms. The van der Waals surface area contributed by atoms with Crippen LogP contribution >= 0.6 is 23.1 Å². The van der Waals surface area contributed by atoms with Crippen LogP contribution in [-0.2, 0) is 17.8 Å². The predicted octanol–water partition coefficient (Wildman–Crippen LogP) is 4.74. The molecule has 4 rings (SSSR count). The molecule has 2 heterocycles. The number of hydrogen-bond acceptors (Lipinski definition) is 6. The molecule has 0 aliphatic carbocycles. The van der Waals surface area contributed by atoms with E-state index in [1.54, 1.807) is 16.2 Å². The highest BCUT2D eigenvalue weighted by molar-refractivity contribution is 7.99. The molecule has 0 unspecified atom stereocenters. The molecule has 0 saturated carbocycles. The summed E-state index contributed by atoms with van der Waals surface area (Å²) in [6, 6.07) is 22.5. The van der Waals surface area contributed by atoms with E-state index in [1.165, 1.54) is 16.6 Å². The van der Waals surface area contributed by atoms with Gasteiger partial charge in [-0.15, -0.1) is 21.5 Å². The molecule has 0 bridgehead atoms. The number of nitrogens with zero attached hydrogens (tertiary/aromatic N) is 5. The van der Waals surface area contributed by atoms with Crippen molar-refractivity contribution in [1.29, 1.82) is 0 Å². The summed E-state index contributed by atoms with van der Waals surface area (Å²) in [4.78, 5) is 17.9. The number of rotatable bonds is 9. The van der Waals surface area contributed by atoms with Crippen molar-refractivity contribution < 1.29 is 4.79 Å². The van der Waals surface area contributed by atoms with Crippen molar-refractivity contribution >= 4 is 34.7 Å². The van der Waals surface area contributed by atoms with E-state index in [1.807, 2.05) is 57.5 Å². The summed E-state index contributed by atoms with van der Waals surface area (Å²) in [7, 11) is 5.87. The summed E-state index contributed by atoms with van der Waals surface area (Å²) in [5.41, 5.74) is 3.24. The predicted molar refractivity (Wildman–Crippen MR) is 136 cm³/mol. The third-order valence-corrected chi connectivity index (χ3v) is 7.04. The van der Waals surface area contributed by atoms with E-state index in [9.17, 15) is 4.79 Å². The van der Waals surface area contributed by atoms with Crippen molar-refractivity contribution in [1.82, 2.24) is 19.7 Å². The molecule has 6 nitrogen and oxygen atoms in total. The van der Waals surface area contributed by atoms with Gasteiger partial charge in [-0.2, -0.15) is 0 Å². The van der Waals surface area contributed by atoms with E-state index in [2.05, 4.69) is 55.4 Å². The molecule has 0 fully saturated rings. The number of carbonyl (C=O) groups excluding carboxylic acids is 1. The van der Waals surface area contributed by atoms with Crippen LogP contribution in [0.2, 0.25) is 0 Å².